The summed E-state index contributed by atoms with van der Waals surface area (Å²) in [6.07, 6.45) is 5.83. The van der Waals surface area contributed by atoms with E-state index in [1.54, 1.807) is 18.3 Å². The molecule has 4 heteroatoms. The molecule has 0 aromatic carbocycles. The van der Waals surface area contributed by atoms with Crippen molar-refractivity contribution in [1.29, 1.82) is 0 Å². The number of nitrogens with zero attached hydrogens (tertiary/aromatic N) is 1. The van der Waals surface area contributed by atoms with Crippen LogP contribution < -0.4 is 11.1 Å². The SMILES string of the molecule is NCC#Cc1ccnc(NC(=O)CC2CCC2)c1. The Kier molecular flexibility index (Phi) is 4.32. The number of rotatable bonds is 3. The molecule has 0 aliphatic heterocycles. The maximum absolute atomic E-state index is 11.7. The first kappa shape index (κ1) is 12.6. The molecule has 1 fully saturated rings. The van der Waals surface area contributed by atoms with Gasteiger partial charge >= 0.3 is 0 Å². The van der Waals surface area contributed by atoms with Gasteiger partial charge in [0.2, 0.25) is 5.91 Å². The number of carbonyl (C=O) groups excluding carboxylic acids is 1. The normalized spacial score (nSPS) is 14.3. The fraction of sp³-hybridized carbons (Fsp3) is 0.429. The first-order valence-corrected chi connectivity index (χ1v) is 6.23. The molecule has 1 aliphatic rings. The van der Waals surface area contributed by atoms with E-state index in [1.165, 1.54) is 19.3 Å². The number of amides is 1. The van der Waals surface area contributed by atoms with Gasteiger partial charge in [-0.05, 0) is 30.9 Å². The first-order chi connectivity index (χ1) is 8.78. The van der Waals surface area contributed by atoms with Gasteiger partial charge in [0.25, 0.3) is 0 Å². The Morgan fingerprint density at radius 3 is 3.06 bits per heavy atom. The molecule has 3 N–H and O–H groups in total. The third kappa shape index (κ3) is 3.57. The Hall–Kier alpha value is -1.86. The van der Waals surface area contributed by atoms with Gasteiger partial charge in [-0.15, -0.1) is 0 Å². The standard InChI is InChI=1S/C14H17N3O/c15-7-2-5-12-6-8-16-13(9-12)17-14(18)10-11-3-1-4-11/h6,8-9,11H,1,3-4,7,10,15H2,(H,16,17,18). The van der Waals surface area contributed by atoms with Gasteiger partial charge in [-0.2, -0.15) is 0 Å². The van der Waals surface area contributed by atoms with Crippen molar-refractivity contribution in [3.05, 3.63) is 23.9 Å². The number of nitrogens with two attached hydrogens (primary N) is 1. The number of carbonyl (C=O) groups is 1. The van der Waals surface area contributed by atoms with E-state index in [1.807, 2.05) is 0 Å². The summed E-state index contributed by atoms with van der Waals surface area (Å²) in [5.41, 5.74) is 6.13. The van der Waals surface area contributed by atoms with Crippen molar-refractivity contribution in [3.63, 3.8) is 0 Å². The molecule has 1 aromatic heterocycles. The van der Waals surface area contributed by atoms with Crippen molar-refractivity contribution in [2.24, 2.45) is 11.7 Å². The maximum atomic E-state index is 11.7. The molecule has 1 aliphatic carbocycles. The van der Waals surface area contributed by atoms with Gasteiger partial charge in [-0.25, -0.2) is 4.98 Å². The molecule has 1 amide bonds. The summed E-state index contributed by atoms with van der Waals surface area (Å²) < 4.78 is 0. The van der Waals surface area contributed by atoms with Gasteiger partial charge in [0.15, 0.2) is 0 Å². The lowest BCUT2D eigenvalue weighted by atomic mass is 9.83. The molecule has 0 unspecified atom stereocenters. The molecule has 1 saturated carbocycles. The first-order valence-electron chi connectivity index (χ1n) is 6.23. The number of hydrogen-bond acceptors (Lipinski definition) is 3. The van der Waals surface area contributed by atoms with Gasteiger partial charge in [-0.1, -0.05) is 18.3 Å². The highest BCUT2D eigenvalue weighted by Crippen LogP contribution is 2.29. The largest absolute Gasteiger partial charge is 0.320 e. The Morgan fingerprint density at radius 1 is 1.56 bits per heavy atom. The zero-order valence-corrected chi connectivity index (χ0v) is 10.3. The summed E-state index contributed by atoms with van der Waals surface area (Å²) >= 11 is 0. The maximum Gasteiger partial charge on any atom is 0.225 e. The van der Waals surface area contributed by atoms with Crippen molar-refractivity contribution in [2.75, 3.05) is 11.9 Å². The molecule has 2 rings (SSSR count). The minimum absolute atomic E-state index is 0.0381. The van der Waals surface area contributed by atoms with Crippen LogP contribution in [0.15, 0.2) is 18.3 Å². The highest BCUT2D eigenvalue weighted by molar-refractivity contribution is 5.90. The summed E-state index contributed by atoms with van der Waals surface area (Å²) in [6.45, 7) is 0.325. The zero-order valence-electron chi connectivity index (χ0n) is 10.3. The number of anilines is 1. The predicted octanol–water partition coefficient (Wildman–Crippen LogP) is 1.52. The van der Waals surface area contributed by atoms with Crippen molar-refractivity contribution in [2.45, 2.75) is 25.7 Å². The Bertz CT molecular complexity index is 483. The van der Waals surface area contributed by atoms with Gasteiger partial charge in [0.1, 0.15) is 5.82 Å². The highest BCUT2D eigenvalue weighted by atomic mass is 16.1. The molecule has 0 spiro atoms. The van der Waals surface area contributed by atoms with Crippen LogP contribution >= 0.6 is 0 Å². The van der Waals surface area contributed by atoms with Crippen molar-refractivity contribution in [1.82, 2.24) is 4.98 Å². The third-order valence-corrected chi connectivity index (χ3v) is 3.06. The monoisotopic (exact) mass is 243 g/mol. The molecule has 4 nitrogen and oxygen atoms in total. The van der Waals surface area contributed by atoms with E-state index < -0.39 is 0 Å². The number of nitrogens with one attached hydrogen (secondary N) is 1. The van der Waals surface area contributed by atoms with Crippen LogP contribution in [0.25, 0.3) is 0 Å². The predicted molar refractivity (Wildman–Crippen MR) is 70.8 cm³/mol. The van der Waals surface area contributed by atoms with Crippen LogP contribution in [-0.4, -0.2) is 17.4 Å². The highest BCUT2D eigenvalue weighted by Gasteiger charge is 2.20. The van der Waals surface area contributed by atoms with Crippen LogP contribution in [0.4, 0.5) is 5.82 Å². The summed E-state index contributed by atoms with van der Waals surface area (Å²) in [7, 11) is 0. The molecule has 0 radical (unpaired) electrons. The van der Waals surface area contributed by atoms with E-state index in [0.29, 0.717) is 24.7 Å². The summed E-state index contributed by atoms with van der Waals surface area (Å²) in [4.78, 5) is 15.8. The number of aromatic nitrogens is 1. The van der Waals surface area contributed by atoms with Crippen LogP contribution in [0.2, 0.25) is 0 Å². The molecule has 1 heterocycles. The van der Waals surface area contributed by atoms with E-state index in [4.69, 9.17) is 5.73 Å². The van der Waals surface area contributed by atoms with E-state index in [0.717, 1.165) is 5.56 Å². The van der Waals surface area contributed by atoms with Crippen LogP contribution in [0.5, 0.6) is 0 Å². The van der Waals surface area contributed by atoms with Gasteiger partial charge in [-0.3, -0.25) is 4.79 Å². The average molecular weight is 243 g/mol. The zero-order chi connectivity index (χ0) is 12.8. The lowest BCUT2D eigenvalue weighted by Crippen LogP contribution is -2.21. The minimum Gasteiger partial charge on any atom is -0.320 e. The molecule has 1 aromatic rings. The second kappa shape index (κ2) is 6.18. The summed E-state index contributed by atoms with van der Waals surface area (Å²) in [5.74, 6) is 6.84. The molecule has 0 saturated heterocycles. The summed E-state index contributed by atoms with van der Waals surface area (Å²) in [6, 6.07) is 3.56. The van der Waals surface area contributed by atoms with Gasteiger partial charge in [0, 0.05) is 18.2 Å². The van der Waals surface area contributed by atoms with Crippen LogP contribution in [-0.2, 0) is 4.79 Å². The molecule has 18 heavy (non-hydrogen) atoms. The van der Waals surface area contributed by atoms with Crippen molar-refractivity contribution in [3.8, 4) is 11.8 Å². The van der Waals surface area contributed by atoms with E-state index in [9.17, 15) is 4.79 Å². The Labute approximate surface area is 107 Å². The van der Waals surface area contributed by atoms with E-state index in [-0.39, 0.29) is 5.91 Å². The molecule has 94 valence electrons. The van der Waals surface area contributed by atoms with E-state index in [2.05, 4.69) is 22.1 Å². The molecular formula is C14H17N3O. The molecular weight excluding hydrogens is 226 g/mol. The third-order valence-electron chi connectivity index (χ3n) is 3.06. The molecule has 0 bridgehead atoms. The summed E-state index contributed by atoms with van der Waals surface area (Å²) in [5, 5.41) is 2.81. The van der Waals surface area contributed by atoms with Crippen LogP contribution in [0.3, 0.4) is 0 Å². The lowest BCUT2D eigenvalue weighted by molar-refractivity contribution is -0.117. The smallest absolute Gasteiger partial charge is 0.225 e. The van der Waals surface area contributed by atoms with Gasteiger partial charge in [0.05, 0.1) is 6.54 Å². The topological polar surface area (TPSA) is 68.0 Å². The lowest BCUT2D eigenvalue weighted by Gasteiger charge is -2.24. The number of hydrogen-bond donors (Lipinski definition) is 2. The van der Waals surface area contributed by atoms with Crippen LogP contribution in [0.1, 0.15) is 31.2 Å². The van der Waals surface area contributed by atoms with Gasteiger partial charge < -0.3 is 11.1 Å². The fourth-order valence-corrected chi connectivity index (χ4v) is 1.88. The quantitative estimate of drug-likeness (QED) is 0.791. The number of pyridine rings is 1. The second-order valence-corrected chi connectivity index (χ2v) is 4.48. The molecule has 0 atom stereocenters. The van der Waals surface area contributed by atoms with Crippen LogP contribution in [0, 0.1) is 17.8 Å². The van der Waals surface area contributed by atoms with E-state index >= 15 is 0 Å². The second-order valence-electron chi connectivity index (χ2n) is 4.48. The average Bonchev–Trinajstić information content (AvgIpc) is 2.32. The van der Waals surface area contributed by atoms with Crippen molar-refractivity contribution < 1.29 is 4.79 Å². The van der Waals surface area contributed by atoms with Crippen molar-refractivity contribution >= 4 is 11.7 Å². The Balaban J connectivity index is 1.93. The minimum atomic E-state index is 0.0381. The Morgan fingerprint density at radius 2 is 2.39 bits per heavy atom. The fourth-order valence-electron chi connectivity index (χ4n) is 1.88.